The minimum atomic E-state index is -0.126. The molecule has 3 nitrogen and oxygen atoms in total. The molecule has 156 valence electrons. The molecular formula is C24H35BrO3. The van der Waals surface area contributed by atoms with Gasteiger partial charge in [-0.25, -0.2) is 0 Å². The highest BCUT2D eigenvalue weighted by Gasteiger charge is 2.65. The summed E-state index contributed by atoms with van der Waals surface area (Å²) in [5, 5.41) is 0. The molecule has 0 bridgehead atoms. The summed E-state index contributed by atoms with van der Waals surface area (Å²) in [7, 11) is 0. The molecule has 9 atom stereocenters. The molecule has 0 aliphatic heterocycles. The van der Waals surface area contributed by atoms with Crippen molar-refractivity contribution in [3.8, 4) is 0 Å². The van der Waals surface area contributed by atoms with Gasteiger partial charge < -0.3 is 4.74 Å². The van der Waals surface area contributed by atoms with E-state index in [4.69, 9.17) is 4.74 Å². The summed E-state index contributed by atoms with van der Waals surface area (Å²) in [4.78, 5) is 25.0. The van der Waals surface area contributed by atoms with E-state index in [2.05, 4.69) is 22.9 Å². The quantitative estimate of drug-likeness (QED) is 0.380. The van der Waals surface area contributed by atoms with Crippen molar-refractivity contribution in [3.63, 3.8) is 0 Å². The van der Waals surface area contributed by atoms with Crippen LogP contribution in [-0.4, -0.2) is 22.7 Å². The molecule has 1 spiro atoms. The average Bonchev–Trinajstić information content (AvgIpc) is 3.05. The Labute approximate surface area is 177 Å². The Morgan fingerprint density at radius 1 is 0.964 bits per heavy atom. The number of hydrogen-bond donors (Lipinski definition) is 0. The van der Waals surface area contributed by atoms with Gasteiger partial charge in [-0.1, -0.05) is 22.9 Å². The normalized spacial score (nSPS) is 52.8. The summed E-state index contributed by atoms with van der Waals surface area (Å²) in [5.74, 6) is 3.92. The predicted octanol–water partition coefficient (Wildman–Crippen LogP) is 5.68. The molecule has 28 heavy (non-hydrogen) atoms. The first kappa shape index (κ1) is 19.6. The number of rotatable bonds is 1. The lowest BCUT2D eigenvalue weighted by atomic mass is 9.43. The number of hydrogen-bond acceptors (Lipinski definition) is 3. The Hall–Kier alpha value is -0.380. The van der Waals surface area contributed by atoms with Crippen molar-refractivity contribution in [3.05, 3.63) is 0 Å². The van der Waals surface area contributed by atoms with Gasteiger partial charge in [-0.15, -0.1) is 0 Å². The molecule has 5 aliphatic rings. The van der Waals surface area contributed by atoms with Gasteiger partial charge in [0.2, 0.25) is 0 Å². The average molecular weight is 451 g/mol. The molecular weight excluding hydrogens is 416 g/mol. The lowest BCUT2D eigenvalue weighted by Crippen LogP contribution is -2.58. The number of carbonyl (C=O) groups excluding carboxylic acids is 2. The molecule has 0 amide bonds. The van der Waals surface area contributed by atoms with Crippen molar-refractivity contribution in [2.45, 2.75) is 95.4 Å². The van der Waals surface area contributed by atoms with Crippen LogP contribution in [0.25, 0.3) is 0 Å². The molecule has 0 aromatic rings. The second-order valence-corrected chi connectivity index (χ2v) is 12.0. The van der Waals surface area contributed by atoms with Crippen LogP contribution < -0.4 is 0 Å². The number of fused-ring (bicyclic) bond motifs is 4. The van der Waals surface area contributed by atoms with Gasteiger partial charge in [0.1, 0.15) is 6.10 Å². The maximum absolute atomic E-state index is 13.5. The first-order valence-electron chi connectivity index (χ1n) is 11.7. The van der Waals surface area contributed by atoms with Crippen LogP contribution in [0, 0.1) is 40.4 Å². The summed E-state index contributed by atoms with van der Waals surface area (Å²) in [6.07, 6.45) is 13.2. The van der Waals surface area contributed by atoms with Gasteiger partial charge in [-0.2, -0.15) is 0 Å². The number of esters is 1. The van der Waals surface area contributed by atoms with Gasteiger partial charge in [0, 0.05) is 12.3 Å². The zero-order chi connectivity index (χ0) is 19.7. The molecule has 0 aromatic carbocycles. The topological polar surface area (TPSA) is 43.4 Å². The van der Waals surface area contributed by atoms with Crippen molar-refractivity contribution in [1.29, 1.82) is 0 Å². The maximum Gasteiger partial charge on any atom is 0.302 e. The third kappa shape index (κ3) is 2.65. The first-order chi connectivity index (χ1) is 13.4. The largest absolute Gasteiger partial charge is 0.463 e. The summed E-state index contributed by atoms with van der Waals surface area (Å²) in [6.45, 7) is 4.08. The summed E-state index contributed by atoms with van der Waals surface area (Å²) < 4.78 is 5.60. The van der Waals surface area contributed by atoms with Crippen LogP contribution in [0.1, 0.15) is 84.5 Å². The Kier molecular flexibility index (Phi) is 4.77. The Balaban J connectivity index is 1.40. The number of alkyl halides is 1. The number of carbonyl (C=O) groups is 2. The van der Waals surface area contributed by atoms with E-state index < -0.39 is 0 Å². The minimum Gasteiger partial charge on any atom is -0.463 e. The fraction of sp³-hybridized carbons (Fsp3) is 0.917. The fourth-order valence-electron chi connectivity index (χ4n) is 9.03. The molecule has 5 rings (SSSR count). The SMILES string of the molecule is CC(=O)O[C@@H]1CC[C@@]2(C)[C@H](CC[C@@H]3[C@@H]2CC[C@]24C(=O)[C@@H](Br)CC[C@H]2CC[C@@H]34)C1. The molecule has 5 saturated carbocycles. The highest BCUT2D eigenvalue weighted by molar-refractivity contribution is 9.10. The van der Waals surface area contributed by atoms with Gasteiger partial charge in [-0.05, 0) is 106 Å². The van der Waals surface area contributed by atoms with Crippen molar-refractivity contribution in [2.75, 3.05) is 0 Å². The van der Waals surface area contributed by atoms with Crippen LogP contribution in [0.15, 0.2) is 0 Å². The van der Waals surface area contributed by atoms with E-state index in [1.165, 1.54) is 44.9 Å². The van der Waals surface area contributed by atoms with Crippen molar-refractivity contribution >= 4 is 27.7 Å². The predicted molar refractivity (Wildman–Crippen MR) is 112 cm³/mol. The molecule has 0 radical (unpaired) electrons. The number of ketones is 1. The number of Topliss-reactive ketones (excluding diaryl/α,β-unsaturated/α-hetero) is 1. The van der Waals surface area contributed by atoms with E-state index in [0.717, 1.165) is 37.5 Å². The van der Waals surface area contributed by atoms with Gasteiger partial charge in [0.05, 0.1) is 4.83 Å². The molecule has 0 saturated heterocycles. The van der Waals surface area contributed by atoms with Crippen LogP contribution >= 0.6 is 15.9 Å². The van der Waals surface area contributed by atoms with Gasteiger partial charge in [0.15, 0.2) is 5.78 Å². The monoisotopic (exact) mass is 450 g/mol. The Morgan fingerprint density at radius 2 is 1.71 bits per heavy atom. The lowest BCUT2D eigenvalue weighted by molar-refractivity contribution is -0.165. The second-order valence-electron chi connectivity index (χ2n) is 10.9. The van der Waals surface area contributed by atoms with Crippen LogP contribution in [0.2, 0.25) is 0 Å². The van der Waals surface area contributed by atoms with Crippen molar-refractivity contribution in [2.24, 2.45) is 40.4 Å². The third-order valence-electron chi connectivity index (χ3n) is 10.1. The molecule has 0 N–H and O–H groups in total. The smallest absolute Gasteiger partial charge is 0.302 e. The van der Waals surface area contributed by atoms with Crippen molar-refractivity contribution in [1.82, 2.24) is 0 Å². The highest BCUT2D eigenvalue weighted by atomic mass is 79.9. The second kappa shape index (κ2) is 6.82. The van der Waals surface area contributed by atoms with E-state index in [9.17, 15) is 9.59 Å². The summed E-state index contributed by atoms with van der Waals surface area (Å²) in [5.41, 5.74) is 0.385. The molecule has 0 aromatic heterocycles. The molecule has 4 heteroatoms. The maximum atomic E-state index is 13.5. The zero-order valence-electron chi connectivity index (χ0n) is 17.4. The first-order valence-corrected chi connectivity index (χ1v) is 12.6. The van der Waals surface area contributed by atoms with Crippen molar-refractivity contribution < 1.29 is 14.3 Å². The van der Waals surface area contributed by atoms with E-state index in [-0.39, 0.29) is 22.3 Å². The fourth-order valence-corrected chi connectivity index (χ4v) is 9.72. The van der Waals surface area contributed by atoms with E-state index in [1.807, 2.05) is 0 Å². The molecule has 0 heterocycles. The summed E-state index contributed by atoms with van der Waals surface area (Å²) >= 11 is 3.74. The van der Waals surface area contributed by atoms with E-state index >= 15 is 0 Å². The third-order valence-corrected chi connectivity index (χ3v) is 11.0. The van der Waals surface area contributed by atoms with Crippen LogP contribution in [0.5, 0.6) is 0 Å². The number of ether oxygens (including phenoxy) is 1. The zero-order valence-corrected chi connectivity index (χ0v) is 19.0. The van der Waals surface area contributed by atoms with Crippen LogP contribution in [0.4, 0.5) is 0 Å². The number of halogens is 1. The van der Waals surface area contributed by atoms with Gasteiger partial charge in [-0.3, -0.25) is 9.59 Å². The Bertz CT molecular complexity index is 677. The van der Waals surface area contributed by atoms with Crippen LogP contribution in [-0.2, 0) is 14.3 Å². The van der Waals surface area contributed by atoms with Crippen LogP contribution in [0.3, 0.4) is 0 Å². The minimum absolute atomic E-state index is 0.00568. The van der Waals surface area contributed by atoms with Gasteiger partial charge in [0.25, 0.3) is 0 Å². The van der Waals surface area contributed by atoms with Gasteiger partial charge >= 0.3 is 5.97 Å². The lowest BCUT2D eigenvalue weighted by Gasteiger charge is -2.61. The molecule has 0 unspecified atom stereocenters. The molecule has 5 fully saturated rings. The molecule has 5 aliphatic carbocycles. The van der Waals surface area contributed by atoms with E-state index in [1.54, 1.807) is 6.92 Å². The highest BCUT2D eigenvalue weighted by Crippen LogP contribution is 2.69. The standard InChI is InChI=1S/C24H35BrO3/c1-14(26)28-17-9-11-23(2)16(13-17)3-6-18-19(23)10-12-24-15(4-7-20(18)24)5-8-21(25)22(24)27/h15-21H,3-13H2,1-2H3/t15-,16-,17-,18-,19+,20+,21+,23+,24+/m1/s1. The summed E-state index contributed by atoms with van der Waals surface area (Å²) in [6, 6.07) is 0. The van der Waals surface area contributed by atoms with E-state index in [0.29, 0.717) is 29.0 Å². The Morgan fingerprint density at radius 3 is 2.50 bits per heavy atom.